The molecule has 1 aliphatic carbocycles. The summed E-state index contributed by atoms with van der Waals surface area (Å²) in [6.45, 7) is 0.529. The third kappa shape index (κ3) is 2.71. The first-order valence-corrected chi connectivity index (χ1v) is 6.95. The first-order chi connectivity index (χ1) is 9.25. The normalized spacial score (nSPS) is 16.3. The van der Waals surface area contributed by atoms with E-state index in [0.717, 1.165) is 10.9 Å². The molecule has 0 spiro atoms. The number of benzene rings is 1. The smallest absolute Gasteiger partial charge is 0.252 e. The van der Waals surface area contributed by atoms with Gasteiger partial charge in [-0.3, -0.25) is 9.78 Å². The number of aromatic nitrogens is 1. The molecule has 19 heavy (non-hydrogen) atoms. The van der Waals surface area contributed by atoms with E-state index >= 15 is 0 Å². The van der Waals surface area contributed by atoms with Gasteiger partial charge < -0.3 is 5.32 Å². The first kappa shape index (κ1) is 12.4. The van der Waals surface area contributed by atoms with E-state index in [1.54, 1.807) is 6.20 Å². The van der Waals surface area contributed by atoms with Crippen LogP contribution < -0.4 is 5.32 Å². The molecule has 0 saturated heterocycles. The molecule has 1 fully saturated rings. The maximum atomic E-state index is 12.2. The van der Waals surface area contributed by atoms with Crippen LogP contribution in [0.4, 0.5) is 0 Å². The average molecular weight is 275 g/mol. The summed E-state index contributed by atoms with van der Waals surface area (Å²) in [4.78, 5) is 16.5. The van der Waals surface area contributed by atoms with Gasteiger partial charge >= 0.3 is 0 Å². The number of hydrogen-bond donors (Lipinski definition) is 1. The minimum absolute atomic E-state index is 0.0528. The minimum Gasteiger partial charge on any atom is -0.351 e. The largest absolute Gasteiger partial charge is 0.351 e. The van der Waals surface area contributed by atoms with Crippen LogP contribution in [0.3, 0.4) is 0 Å². The Labute approximate surface area is 117 Å². The van der Waals surface area contributed by atoms with Gasteiger partial charge in [0.2, 0.25) is 0 Å². The van der Waals surface area contributed by atoms with Crippen LogP contribution in [-0.2, 0) is 0 Å². The number of carbonyl (C=O) groups is 1. The van der Waals surface area contributed by atoms with Gasteiger partial charge in [0.25, 0.3) is 5.91 Å². The van der Waals surface area contributed by atoms with E-state index in [2.05, 4.69) is 10.3 Å². The van der Waals surface area contributed by atoms with Gasteiger partial charge in [0.15, 0.2) is 0 Å². The molecule has 1 N–H and O–H groups in total. The molecule has 1 amide bonds. The van der Waals surface area contributed by atoms with Gasteiger partial charge in [0.05, 0.1) is 10.9 Å². The van der Waals surface area contributed by atoms with Crippen molar-refractivity contribution in [2.75, 3.05) is 6.54 Å². The van der Waals surface area contributed by atoms with Gasteiger partial charge in [0.1, 0.15) is 0 Å². The second kappa shape index (κ2) is 5.17. The maximum absolute atomic E-state index is 12.2. The molecule has 2 aromatic rings. The Bertz CT molecular complexity index is 605. The third-order valence-corrected chi connectivity index (χ3v) is 3.99. The van der Waals surface area contributed by atoms with Crippen molar-refractivity contribution in [1.82, 2.24) is 10.3 Å². The number of rotatable bonds is 4. The molecule has 1 aromatic carbocycles. The van der Waals surface area contributed by atoms with Crippen LogP contribution in [0.15, 0.2) is 36.5 Å². The van der Waals surface area contributed by atoms with Crippen molar-refractivity contribution in [2.45, 2.75) is 18.2 Å². The lowest BCUT2D eigenvalue weighted by Crippen LogP contribution is -2.30. The van der Waals surface area contributed by atoms with Crippen LogP contribution >= 0.6 is 11.6 Å². The number of amides is 1. The van der Waals surface area contributed by atoms with Crippen LogP contribution in [-0.4, -0.2) is 22.8 Å². The fourth-order valence-electron chi connectivity index (χ4n) is 2.21. The second-order valence-electron chi connectivity index (χ2n) is 4.94. The molecule has 3 rings (SSSR count). The summed E-state index contributed by atoms with van der Waals surface area (Å²) in [5, 5.41) is 3.84. The molecule has 1 unspecified atom stereocenters. The highest BCUT2D eigenvalue weighted by Gasteiger charge is 2.29. The lowest BCUT2D eigenvalue weighted by Gasteiger charge is -2.11. The van der Waals surface area contributed by atoms with Gasteiger partial charge in [-0.2, -0.15) is 0 Å². The van der Waals surface area contributed by atoms with E-state index in [-0.39, 0.29) is 11.3 Å². The van der Waals surface area contributed by atoms with E-state index in [4.69, 9.17) is 11.6 Å². The highest BCUT2D eigenvalue weighted by atomic mass is 35.5. The van der Waals surface area contributed by atoms with Gasteiger partial charge in [-0.15, -0.1) is 11.6 Å². The molecule has 0 radical (unpaired) electrons. The van der Waals surface area contributed by atoms with E-state index in [1.165, 1.54) is 12.8 Å². The summed E-state index contributed by atoms with van der Waals surface area (Å²) in [7, 11) is 0. The Morgan fingerprint density at radius 1 is 1.37 bits per heavy atom. The highest BCUT2D eigenvalue weighted by Crippen LogP contribution is 2.35. The summed E-state index contributed by atoms with van der Waals surface area (Å²) in [6, 6.07) is 9.33. The monoisotopic (exact) mass is 274 g/mol. The summed E-state index contributed by atoms with van der Waals surface area (Å²) in [5.74, 6) is 0.501. The fourth-order valence-corrected chi connectivity index (χ4v) is 2.54. The number of hydrogen-bond acceptors (Lipinski definition) is 2. The summed E-state index contributed by atoms with van der Waals surface area (Å²) in [5.41, 5.74) is 1.49. The van der Waals surface area contributed by atoms with Crippen molar-refractivity contribution in [3.8, 4) is 0 Å². The van der Waals surface area contributed by atoms with Crippen molar-refractivity contribution in [1.29, 1.82) is 0 Å². The Morgan fingerprint density at radius 3 is 3.00 bits per heavy atom. The number of alkyl halides is 1. The van der Waals surface area contributed by atoms with E-state index in [9.17, 15) is 4.79 Å². The van der Waals surface area contributed by atoms with Crippen molar-refractivity contribution in [3.05, 3.63) is 42.1 Å². The van der Waals surface area contributed by atoms with Gasteiger partial charge in [0, 0.05) is 23.7 Å². The zero-order valence-corrected chi connectivity index (χ0v) is 11.2. The topological polar surface area (TPSA) is 42.0 Å². The molecule has 1 aliphatic rings. The molecule has 1 atom stereocenters. The molecule has 1 aromatic heterocycles. The first-order valence-electron chi connectivity index (χ1n) is 6.52. The molecule has 3 nitrogen and oxygen atoms in total. The number of fused-ring (bicyclic) bond motifs is 1. The standard InChI is InChI=1S/C15H15ClN2O/c16-13(10-6-7-10)9-18-15(19)12-3-1-5-14-11(12)4-2-8-17-14/h1-5,8,10,13H,6-7,9H2,(H,18,19). The minimum atomic E-state index is -0.0788. The zero-order chi connectivity index (χ0) is 13.2. The Balaban J connectivity index is 1.77. The maximum Gasteiger partial charge on any atom is 0.252 e. The van der Waals surface area contributed by atoms with E-state index in [1.807, 2.05) is 30.3 Å². The summed E-state index contributed by atoms with van der Waals surface area (Å²) < 4.78 is 0. The fraction of sp³-hybridized carbons (Fsp3) is 0.333. The van der Waals surface area contributed by atoms with E-state index < -0.39 is 0 Å². The van der Waals surface area contributed by atoms with Crippen LogP contribution in [0, 0.1) is 5.92 Å². The quantitative estimate of drug-likeness (QED) is 0.871. The van der Waals surface area contributed by atoms with Crippen molar-refractivity contribution in [2.24, 2.45) is 5.92 Å². The second-order valence-corrected chi connectivity index (χ2v) is 5.50. The molecule has 1 saturated carbocycles. The van der Waals surface area contributed by atoms with Crippen LogP contribution in [0.5, 0.6) is 0 Å². The van der Waals surface area contributed by atoms with E-state index in [0.29, 0.717) is 18.0 Å². The Hall–Kier alpha value is -1.61. The van der Waals surface area contributed by atoms with Gasteiger partial charge in [-0.25, -0.2) is 0 Å². The molecular weight excluding hydrogens is 260 g/mol. The number of carbonyl (C=O) groups excluding carboxylic acids is 1. The third-order valence-electron chi connectivity index (χ3n) is 3.48. The molecule has 4 heteroatoms. The average Bonchev–Trinajstić information content (AvgIpc) is 3.28. The van der Waals surface area contributed by atoms with Crippen molar-refractivity contribution < 1.29 is 4.79 Å². The number of pyridine rings is 1. The lowest BCUT2D eigenvalue weighted by atomic mass is 10.1. The predicted octanol–water partition coefficient (Wildman–Crippen LogP) is 2.98. The van der Waals surface area contributed by atoms with Gasteiger partial charge in [-0.1, -0.05) is 12.1 Å². The lowest BCUT2D eigenvalue weighted by molar-refractivity contribution is 0.0954. The Kier molecular flexibility index (Phi) is 3.38. The molecule has 98 valence electrons. The van der Waals surface area contributed by atoms with Crippen molar-refractivity contribution >= 4 is 28.4 Å². The molecule has 0 aliphatic heterocycles. The van der Waals surface area contributed by atoms with Crippen LogP contribution in [0.1, 0.15) is 23.2 Å². The van der Waals surface area contributed by atoms with Crippen LogP contribution in [0.25, 0.3) is 10.9 Å². The van der Waals surface area contributed by atoms with Gasteiger partial charge in [-0.05, 0) is 37.0 Å². The SMILES string of the molecule is O=C(NCC(Cl)C1CC1)c1cccc2ncccc12. The number of halogens is 1. The Morgan fingerprint density at radius 2 is 2.21 bits per heavy atom. The number of nitrogens with one attached hydrogen (secondary N) is 1. The highest BCUT2D eigenvalue weighted by molar-refractivity contribution is 6.21. The van der Waals surface area contributed by atoms with Crippen molar-refractivity contribution in [3.63, 3.8) is 0 Å². The zero-order valence-electron chi connectivity index (χ0n) is 10.5. The molecular formula is C15H15ClN2O. The predicted molar refractivity (Wildman–Crippen MR) is 76.4 cm³/mol. The summed E-state index contributed by atoms with van der Waals surface area (Å²) in [6.07, 6.45) is 4.09. The summed E-state index contributed by atoms with van der Waals surface area (Å²) >= 11 is 6.20. The molecule has 1 heterocycles. The van der Waals surface area contributed by atoms with Crippen LogP contribution in [0.2, 0.25) is 0 Å². The number of nitrogens with zero attached hydrogens (tertiary/aromatic N) is 1. The molecule has 0 bridgehead atoms.